The van der Waals surface area contributed by atoms with E-state index in [1.807, 2.05) is 55.6 Å². The number of guanidine groups is 1. The minimum absolute atomic E-state index is 0.0392. The average Bonchev–Trinajstić information content (AvgIpc) is 2.68. The number of nitrogens with one attached hydrogen (secondary N) is 2. The summed E-state index contributed by atoms with van der Waals surface area (Å²) in [7, 11) is 2.03. The van der Waals surface area contributed by atoms with Crippen LogP contribution in [0.3, 0.4) is 0 Å². The van der Waals surface area contributed by atoms with Gasteiger partial charge in [-0.1, -0.05) is 48.5 Å². The first kappa shape index (κ1) is 19.5. The molecule has 2 rings (SSSR count). The molecule has 2 aromatic rings. The van der Waals surface area contributed by atoms with Crippen LogP contribution in [-0.2, 0) is 6.54 Å². The van der Waals surface area contributed by atoms with Crippen molar-refractivity contribution in [1.29, 1.82) is 0 Å². The molecular formula is C21H28N4O. The summed E-state index contributed by atoms with van der Waals surface area (Å²) in [6.07, 6.45) is 0.798. The zero-order chi connectivity index (χ0) is 18.6. The Morgan fingerprint density at radius 3 is 2.31 bits per heavy atom. The number of carbonyl (C=O) groups excluding carboxylic acids is 1. The van der Waals surface area contributed by atoms with Crippen LogP contribution in [0.5, 0.6) is 0 Å². The molecule has 0 aromatic heterocycles. The summed E-state index contributed by atoms with van der Waals surface area (Å²) >= 11 is 0. The lowest BCUT2D eigenvalue weighted by Crippen LogP contribution is -2.38. The minimum Gasteiger partial charge on any atom is -0.357 e. The lowest BCUT2D eigenvalue weighted by Gasteiger charge is -2.22. The SMILES string of the molecule is CCNC(=NCCCNC(=O)c1ccccc1)N(C)Cc1ccccc1. The number of rotatable bonds is 8. The van der Waals surface area contributed by atoms with Gasteiger partial charge in [0.25, 0.3) is 5.91 Å². The highest BCUT2D eigenvalue weighted by Crippen LogP contribution is 2.03. The summed E-state index contributed by atoms with van der Waals surface area (Å²) in [5.74, 6) is 0.841. The second-order valence-electron chi connectivity index (χ2n) is 6.05. The van der Waals surface area contributed by atoms with Gasteiger partial charge >= 0.3 is 0 Å². The largest absolute Gasteiger partial charge is 0.357 e. The van der Waals surface area contributed by atoms with Crippen molar-refractivity contribution in [1.82, 2.24) is 15.5 Å². The van der Waals surface area contributed by atoms with Gasteiger partial charge in [0.15, 0.2) is 5.96 Å². The van der Waals surface area contributed by atoms with E-state index in [0.29, 0.717) is 18.7 Å². The minimum atomic E-state index is -0.0392. The summed E-state index contributed by atoms with van der Waals surface area (Å²) in [6.45, 7) is 4.96. The van der Waals surface area contributed by atoms with E-state index < -0.39 is 0 Å². The van der Waals surface area contributed by atoms with Gasteiger partial charge in [-0.25, -0.2) is 0 Å². The molecule has 0 saturated heterocycles. The number of aliphatic imine (C=N–C) groups is 1. The fraction of sp³-hybridized carbons (Fsp3) is 0.333. The summed E-state index contributed by atoms with van der Waals surface area (Å²) in [5.41, 5.74) is 1.93. The predicted molar refractivity (Wildman–Crippen MR) is 107 cm³/mol. The lowest BCUT2D eigenvalue weighted by molar-refractivity contribution is 0.0953. The predicted octanol–water partition coefficient (Wildman–Crippen LogP) is 2.90. The third-order valence-electron chi connectivity index (χ3n) is 3.88. The smallest absolute Gasteiger partial charge is 0.251 e. The maximum absolute atomic E-state index is 12.0. The van der Waals surface area contributed by atoms with E-state index in [1.54, 1.807) is 0 Å². The van der Waals surface area contributed by atoms with Gasteiger partial charge in [-0.05, 0) is 31.0 Å². The Morgan fingerprint density at radius 2 is 1.65 bits per heavy atom. The van der Waals surface area contributed by atoms with Crippen LogP contribution < -0.4 is 10.6 Å². The molecule has 0 heterocycles. The summed E-state index contributed by atoms with van der Waals surface area (Å²) in [5, 5.41) is 6.25. The Hall–Kier alpha value is -2.82. The van der Waals surface area contributed by atoms with Crippen molar-refractivity contribution < 1.29 is 4.79 Å². The molecule has 0 aliphatic rings. The normalized spacial score (nSPS) is 11.1. The fourth-order valence-electron chi connectivity index (χ4n) is 2.56. The summed E-state index contributed by atoms with van der Waals surface area (Å²) < 4.78 is 0. The van der Waals surface area contributed by atoms with E-state index >= 15 is 0 Å². The zero-order valence-corrected chi connectivity index (χ0v) is 15.6. The molecule has 2 N–H and O–H groups in total. The quantitative estimate of drug-likeness (QED) is 0.436. The van der Waals surface area contributed by atoms with Crippen LogP contribution in [-0.4, -0.2) is 43.4 Å². The Labute approximate surface area is 156 Å². The third kappa shape index (κ3) is 6.59. The Bertz CT molecular complexity index is 686. The number of carbonyl (C=O) groups is 1. The molecule has 0 spiro atoms. The van der Waals surface area contributed by atoms with Gasteiger partial charge in [0, 0.05) is 38.8 Å². The molecule has 0 unspecified atom stereocenters. The summed E-state index contributed by atoms with van der Waals surface area (Å²) in [6, 6.07) is 19.6. The molecule has 2 aromatic carbocycles. The van der Waals surface area contributed by atoms with E-state index in [2.05, 4.69) is 39.6 Å². The molecule has 0 radical (unpaired) electrons. The molecule has 0 atom stereocenters. The van der Waals surface area contributed by atoms with Gasteiger partial charge in [-0.2, -0.15) is 0 Å². The number of amides is 1. The van der Waals surface area contributed by atoms with E-state index in [0.717, 1.165) is 25.5 Å². The van der Waals surface area contributed by atoms with Gasteiger partial charge in [0.1, 0.15) is 0 Å². The van der Waals surface area contributed by atoms with Crippen LogP contribution in [0.4, 0.5) is 0 Å². The number of nitrogens with zero attached hydrogens (tertiary/aromatic N) is 2. The summed E-state index contributed by atoms with van der Waals surface area (Å²) in [4.78, 5) is 18.8. The highest BCUT2D eigenvalue weighted by atomic mass is 16.1. The van der Waals surface area contributed by atoms with E-state index in [9.17, 15) is 4.79 Å². The van der Waals surface area contributed by atoms with Crippen molar-refractivity contribution in [3.05, 3.63) is 71.8 Å². The zero-order valence-electron chi connectivity index (χ0n) is 15.6. The van der Waals surface area contributed by atoms with Gasteiger partial charge in [-0.15, -0.1) is 0 Å². The molecule has 0 fully saturated rings. The first-order valence-electron chi connectivity index (χ1n) is 9.07. The van der Waals surface area contributed by atoms with Gasteiger partial charge in [0.05, 0.1) is 0 Å². The van der Waals surface area contributed by atoms with Crippen LogP contribution in [0.2, 0.25) is 0 Å². The maximum atomic E-state index is 12.0. The van der Waals surface area contributed by atoms with Gasteiger partial charge in [0.2, 0.25) is 0 Å². The fourth-order valence-corrected chi connectivity index (χ4v) is 2.56. The second kappa shape index (κ2) is 10.9. The third-order valence-corrected chi connectivity index (χ3v) is 3.88. The monoisotopic (exact) mass is 352 g/mol. The first-order chi connectivity index (χ1) is 12.7. The Kier molecular flexibility index (Phi) is 8.19. The van der Waals surface area contributed by atoms with Crippen molar-refractivity contribution in [3.8, 4) is 0 Å². The molecule has 0 aliphatic heterocycles. The first-order valence-corrected chi connectivity index (χ1v) is 9.07. The van der Waals surface area contributed by atoms with Gasteiger partial charge in [-0.3, -0.25) is 9.79 Å². The van der Waals surface area contributed by atoms with Crippen molar-refractivity contribution in [2.45, 2.75) is 19.9 Å². The molecule has 1 amide bonds. The Morgan fingerprint density at radius 1 is 1.00 bits per heavy atom. The van der Waals surface area contributed by atoms with E-state index in [1.165, 1.54) is 5.56 Å². The number of hydrogen-bond acceptors (Lipinski definition) is 2. The molecule has 0 saturated carbocycles. The van der Waals surface area contributed by atoms with E-state index in [-0.39, 0.29) is 5.91 Å². The topological polar surface area (TPSA) is 56.7 Å². The molecule has 138 valence electrons. The Balaban J connectivity index is 1.78. The second-order valence-corrected chi connectivity index (χ2v) is 6.05. The highest BCUT2D eigenvalue weighted by Gasteiger charge is 2.06. The number of benzene rings is 2. The highest BCUT2D eigenvalue weighted by molar-refractivity contribution is 5.94. The van der Waals surface area contributed by atoms with Crippen molar-refractivity contribution in [3.63, 3.8) is 0 Å². The van der Waals surface area contributed by atoms with E-state index in [4.69, 9.17) is 0 Å². The number of hydrogen-bond donors (Lipinski definition) is 2. The van der Waals surface area contributed by atoms with Crippen molar-refractivity contribution in [2.75, 3.05) is 26.7 Å². The molecular weight excluding hydrogens is 324 g/mol. The standard InChI is InChI=1S/C21H28N4O/c1-3-22-21(25(2)17-18-11-6-4-7-12-18)24-16-10-15-23-20(26)19-13-8-5-9-14-19/h4-9,11-14H,3,10,15-17H2,1-2H3,(H,22,24)(H,23,26). The lowest BCUT2D eigenvalue weighted by atomic mass is 10.2. The van der Waals surface area contributed by atoms with Crippen molar-refractivity contribution >= 4 is 11.9 Å². The maximum Gasteiger partial charge on any atom is 0.251 e. The van der Waals surface area contributed by atoms with Crippen LogP contribution in [0, 0.1) is 0 Å². The molecule has 5 heteroatoms. The van der Waals surface area contributed by atoms with Crippen molar-refractivity contribution in [2.24, 2.45) is 4.99 Å². The van der Waals surface area contributed by atoms with Gasteiger partial charge < -0.3 is 15.5 Å². The van der Waals surface area contributed by atoms with Crippen LogP contribution in [0.1, 0.15) is 29.3 Å². The van der Waals surface area contributed by atoms with Crippen LogP contribution in [0.15, 0.2) is 65.7 Å². The molecule has 26 heavy (non-hydrogen) atoms. The van der Waals surface area contributed by atoms with Crippen LogP contribution >= 0.6 is 0 Å². The molecule has 0 aliphatic carbocycles. The average molecular weight is 352 g/mol. The molecule has 5 nitrogen and oxygen atoms in total. The molecule has 0 bridgehead atoms. The van der Waals surface area contributed by atoms with Crippen LogP contribution in [0.25, 0.3) is 0 Å².